The van der Waals surface area contributed by atoms with Gasteiger partial charge in [-0.25, -0.2) is 13.8 Å². The third kappa shape index (κ3) is 3.16. The molecule has 1 fully saturated rings. The van der Waals surface area contributed by atoms with Crippen molar-refractivity contribution in [2.75, 3.05) is 11.9 Å². The van der Waals surface area contributed by atoms with E-state index in [2.05, 4.69) is 10.3 Å². The van der Waals surface area contributed by atoms with Gasteiger partial charge in [-0.2, -0.15) is 0 Å². The van der Waals surface area contributed by atoms with Gasteiger partial charge in [0.25, 0.3) is 0 Å². The predicted molar refractivity (Wildman–Crippen MR) is 67.2 cm³/mol. The van der Waals surface area contributed by atoms with Crippen LogP contribution in [0.4, 0.5) is 14.6 Å². The van der Waals surface area contributed by atoms with Crippen LogP contribution < -0.4 is 11.1 Å². The third-order valence-corrected chi connectivity index (χ3v) is 3.60. The number of nitrogens with two attached hydrogens (primary N) is 1. The molecule has 0 aliphatic heterocycles. The molecule has 100 valence electrons. The van der Waals surface area contributed by atoms with Crippen LogP contribution in [0.1, 0.15) is 32.1 Å². The molecule has 1 atom stereocenters. The summed E-state index contributed by atoms with van der Waals surface area (Å²) in [5, 5.41) is 3.02. The first-order chi connectivity index (χ1) is 8.70. The number of rotatable bonds is 4. The Balaban J connectivity index is 2.04. The fraction of sp³-hybridized carbons (Fsp3) is 0.615. The Morgan fingerprint density at radius 1 is 1.33 bits per heavy atom. The number of nitrogens with one attached hydrogen (secondary N) is 1. The van der Waals surface area contributed by atoms with E-state index in [0.29, 0.717) is 12.5 Å². The number of nitrogens with zero attached hydrogens (tertiary/aromatic N) is 1. The van der Waals surface area contributed by atoms with Gasteiger partial charge in [0.15, 0.2) is 11.6 Å². The summed E-state index contributed by atoms with van der Waals surface area (Å²) < 4.78 is 26.3. The van der Waals surface area contributed by atoms with E-state index in [1.54, 1.807) is 0 Å². The highest BCUT2D eigenvalue weighted by atomic mass is 19.1. The van der Waals surface area contributed by atoms with Crippen LogP contribution in [0.5, 0.6) is 0 Å². The molecule has 18 heavy (non-hydrogen) atoms. The average Bonchev–Trinajstić information content (AvgIpc) is 2.39. The maximum atomic E-state index is 13.5. The molecular weight excluding hydrogens is 236 g/mol. The fourth-order valence-corrected chi connectivity index (χ4v) is 2.60. The van der Waals surface area contributed by atoms with E-state index in [1.165, 1.54) is 19.3 Å². The van der Waals surface area contributed by atoms with Gasteiger partial charge in [-0.3, -0.25) is 0 Å². The smallest absolute Gasteiger partial charge is 0.168 e. The minimum absolute atomic E-state index is 0.0118. The zero-order chi connectivity index (χ0) is 13.0. The Kier molecular flexibility index (Phi) is 4.47. The molecule has 1 saturated carbocycles. The maximum Gasteiger partial charge on any atom is 0.168 e. The van der Waals surface area contributed by atoms with E-state index in [1.807, 2.05) is 0 Å². The number of hydrogen-bond donors (Lipinski definition) is 2. The second-order valence-corrected chi connectivity index (χ2v) is 4.87. The molecule has 0 amide bonds. The molecule has 1 aliphatic rings. The number of pyridine rings is 1. The number of hydrogen-bond acceptors (Lipinski definition) is 3. The van der Waals surface area contributed by atoms with Crippen LogP contribution >= 0.6 is 0 Å². The lowest BCUT2D eigenvalue weighted by Gasteiger charge is -2.30. The van der Waals surface area contributed by atoms with Crippen LogP contribution in [0.2, 0.25) is 0 Å². The van der Waals surface area contributed by atoms with Gasteiger partial charge in [0.1, 0.15) is 5.82 Å². The van der Waals surface area contributed by atoms with Crippen molar-refractivity contribution in [3.8, 4) is 0 Å². The van der Waals surface area contributed by atoms with Crippen molar-refractivity contribution < 1.29 is 8.78 Å². The first kappa shape index (κ1) is 13.2. The monoisotopic (exact) mass is 255 g/mol. The number of aromatic nitrogens is 1. The summed E-state index contributed by atoms with van der Waals surface area (Å²) in [5.74, 6) is -0.781. The van der Waals surface area contributed by atoms with Crippen LogP contribution in [-0.4, -0.2) is 17.6 Å². The van der Waals surface area contributed by atoms with Crippen molar-refractivity contribution in [1.29, 1.82) is 0 Å². The molecule has 3 N–H and O–H groups in total. The van der Waals surface area contributed by atoms with E-state index in [4.69, 9.17) is 5.73 Å². The minimum Gasteiger partial charge on any atom is -0.363 e. The van der Waals surface area contributed by atoms with Gasteiger partial charge >= 0.3 is 0 Å². The summed E-state index contributed by atoms with van der Waals surface area (Å²) >= 11 is 0. The second-order valence-electron chi connectivity index (χ2n) is 4.87. The summed E-state index contributed by atoms with van der Waals surface area (Å²) in [7, 11) is 0. The lowest BCUT2D eigenvalue weighted by molar-refractivity contribution is 0.319. The fourth-order valence-electron chi connectivity index (χ4n) is 2.60. The first-order valence-electron chi connectivity index (χ1n) is 6.48. The molecule has 0 saturated heterocycles. The molecule has 5 heteroatoms. The Morgan fingerprint density at radius 2 is 2.06 bits per heavy atom. The number of anilines is 1. The highest BCUT2D eigenvalue weighted by molar-refractivity contribution is 5.37. The second kappa shape index (κ2) is 6.09. The molecule has 0 radical (unpaired) electrons. The SMILES string of the molecule is NCC(Nc1ncc(F)cc1F)C1CCCCC1. The van der Waals surface area contributed by atoms with E-state index >= 15 is 0 Å². The van der Waals surface area contributed by atoms with Crippen LogP contribution in [-0.2, 0) is 0 Å². The zero-order valence-electron chi connectivity index (χ0n) is 10.3. The molecule has 1 aromatic rings. The number of halogens is 2. The quantitative estimate of drug-likeness (QED) is 0.869. The van der Waals surface area contributed by atoms with Crippen molar-refractivity contribution in [3.05, 3.63) is 23.9 Å². The predicted octanol–water partition coefficient (Wildman–Crippen LogP) is 2.68. The normalized spacial score (nSPS) is 18.6. The summed E-state index contributed by atoms with van der Waals surface area (Å²) in [6.45, 7) is 0.434. The summed E-state index contributed by atoms with van der Waals surface area (Å²) in [6, 6.07) is 0.849. The van der Waals surface area contributed by atoms with Crippen molar-refractivity contribution in [1.82, 2.24) is 4.98 Å². The van der Waals surface area contributed by atoms with Crippen LogP contribution in [0.25, 0.3) is 0 Å². The Hall–Kier alpha value is -1.23. The summed E-state index contributed by atoms with van der Waals surface area (Å²) in [5.41, 5.74) is 5.74. The molecule has 1 unspecified atom stereocenters. The Bertz CT molecular complexity index is 392. The lowest BCUT2D eigenvalue weighted by atomic mass is 9.84. The largest absolute Gasteiger partial charge is 0.363 e. The topological polar surface area (TPSA) is 50.9 Å². The van der Waals surface area contributed by atoms with Crippen molar-refractivity contribution in [3.63, 3.8) is 0 Å². The molecule has 2 rings (SSSR count). The third-order valence-electron chi connectivity index (χ3n) is 3.60. The molecule has 1 aliphatic carbocycles. The van der Waals surface area contributed by atoms with Gasteiger partial charge in [0.2, 0.25) is 0 Å². The van der Waals surface area contributed by atoms with E-state index in [-0.39, 0.29) is 11.9 Å². The average molecular weight is 255 g/mol. The van der Waals surface area contributed by atoms with Gasteiger partial charge < -0.3 is 11.1 Å². The summed E-state index contributed by atoms with van der Waals surface area (Å²) in [4.78, 5) is 3.74. The van der Waals surface area contributed by atoms with Crippen molar-refractivity contribution >= 4 is 5.82 Å². The van der Waals surface area contributed by atoms with Crippen molar-refractivity contribution in [2.45, 2.75) is 38.1 Å². The zero-order valence-corrected chi connectivity index (χ0v) is 10.3. The Morgan fingerprint density at radius 3 is 2.67 bits per heavy atom. The van der Waals surface area contributed by atoms with E-state index in [9.17, 15) is 8.78 Å². The molecule has 1 heterocycles. The standard InChI is InChI=1S/C13H19F2N3/c14-10-6-11(15)13(17-8-10)18-12(7-16)9-4-2-1-3-5-9/h6,8-9,12H,1-5,7,16H2,(H,17,18). The van der Waals surface area contributed by atoms with E-state index in [0.717, 1.165) is 25.1 Å². The van der Waals surface area contributed by atoms with Gasteiger partial charge in [-0.15, -0.1) is 0 Å². The first-order valence-corrected chi connectivity index (χ1v) is 6.48. The molecule has 0 spiro atoms. The van der Waals surface area contributed by atoms with Crippen LogP contribution in [0, 0.1) is 17.6 Å². The maximum absolute atomic E-state index is 13.5. The van der Waals surface area contributed by atoms with Gasteiger partial charge in [-0.05, 0) is 18.8 Å². The molecular formula is C13H19F2N3. The van der Waals surface area contributed by atoms with Crippen LogP contribution in [0.15, 0.2) is 12.3 Å². The molecule has 0 bridgehead atoms. The highest BCUT2D eigenvalue weighted by Crippen LogP contribution is 2.28. The van der Waals surface area contributed by atoms with Gasteiger partial charge in [-0.1, -0.05) is 19.3 Å². The van der Waals surface area contributed by atoms with Crippen molar-refractivity contribution in [2.24, 2.45) is 11.7 Å². The Labute approximate surface area is 106 Å². The minimum atomic E-state index is -0.667. The van der Waals surface area contributed by atoms with Gasteiger partial charge in [0, 0.05) is 18.7 Å². The molecule has 0 aromatic carbocycles. The van der Waals surface area contributed by atoms with E-state index < -0.39 is 11.6 Å². The molecule has 3 nitrogen and oxygen atoms in total. The highest BCUT2D eigenvalue weighted by Gasteiger charge is 2.23. The lowest BCUT2D eigenvalue weighted by Crippen LogP contribution is -2.37. The van der Waals surface area contributed by atoms with Gasteiger partial charge in [0.05, 0.1) is 6.20 Å². The summed E-state index contributed by atoms with van der Waals surface area (Å²) in [6.07, 6.45) is 6.89. The molecule has 1 aromatic heterocycles. The van der Waals surface area contributed by atoms with Crippen LogP contribution in [0.3, 0.4) is 0 Å².